The average molecular weight is 240 g/mol. The molecule has 1 heterocycles. The largest absolute Gasteiger partial charge is 0.384 e. The number of hydrogen-bond acceptors (Lipinski definition) is 2. The van der Waals surface area contributed by atoms with Crippen LogP contribution in [-0.4, -0.2) is 5.11 Å². The lowest BCUT2D eigenvalue weighted by molar-refractivity contribution is -0.00107. The van der Waals surface area contributed by atoms with Gasteiger partial charge in [0, 0.05) is 9.75 Å². The summed E-state index contributed by atoms with van der Waals surface area (Å²) in [6.07, 6.45) is 1.70. The normalized spacial score (nSPS) is 12.8. The number of aliphatic hydroxyl groups is 1. The highest BCUT2D eigenvalue weighted by Gasteiger charge is 2.32. The Kier molecular flexibility index (Phi) is 4.57. The Morgan fingerprint density at radius 3 is 1.94 bits per heavy atom. The molecule has 1 nitrogen and oxygen atoms in total. The SMILES string of the molecule is Cc1ccc(C(O)(CC(C)C)CC(C)C)s1. The molecule has 16 heavy (non-hydrogen) atoms. The molecule has 0 bridgehead atoms. The Balaban J connectivity index is 2.94. The molecule has 0 spiro atoms. The van der Waals surface area contributed by atoms with E-state index in [9.17, 15) is 5.11 Å². The van der Waals surface area contributed by atoms with E-state index >= 15 is 0 Å². The van der Waals surface area contributed by atoms with Gasteiger partial charge in [-0.15, -0.1) is 11.3 Å². The Morgan fingerprint density at radius 1 is 1.12 bits per heavy atom. The van der Waals surface area contributed by atoms with Gasteiger partial charge in [-0.3, -0.25) is 0 Å². The average Bonchev–Trinajstić information content (AvgIpc) is 2.48. The molecule has 1 aromatic rings. The van der Waals surface area contributed by atoms with E-state index in [1.54, 1.807) is 11.3 Å². The van der Waals surface area contributed by atoms with Crippen molar-refractivity contribution in [1.29, 1.82) is 0 Å². The quantitative estimate of drug-likeness (QED) is 0.812. The summed E-state index contributed by atoms with van der Waals surface area (Å²) in [5.41, 5.74) is -0.624. The fourth-order valence-electron chi connectivity index (χ4n) is 2.32. The van der Waals surface area contributed by atoms with E-state index in [1.165, 1.54) is 4.88 Å². The monoisotopic (exact) mass is 240 g/mol. The van der Waals surface area contributed by atoms with Crippen molar-refractivity contribution >= 4 is 11.3 Å². The minimum absolute atomic E-state index is 0.520. The standard InChI is InChI=1S/C14H24OS/c1-10(2)8-14(15,9-11(3)4)13-7-6-12(5)16-13/h6-7,10-11,15H,8-9H2,1-5H3. The highest BCUT2D eigenvalue weighted by atomic mass is 32.1. The summed E-state index contributed by atoms with van der Waals surface area (Å²) in [6, 6.07) is 4.19. The van der Waals surface area contributed by atoms with E-state index in [0.717, 1.165) is 17.7 Å². The third kappa shape index (κ3) is 3.60. The van der Waals surface area contributed by atoms with Crippen molar-refractivity contribution in [1.82, 2.24) is 0 Å². The molecule has 92 valence electrons. The van der Waals surface area contributed by atoms with Crippen molar-refractivity contribution in [2.24, 2.45) is 11.8 Å². The van der Waals surface area contributed by atoms with Crippen molar-refractivity contribution in [3.8, 4) is 0 Å². The number of thiophene rings is 1. The van der Waals surface area contributed by atoms with Gasteiger partial charge in [0.2, 0.25) is 0 Å². The fraction of sp³-hybridized carbons (Fsp3) is 0.714. The third-order valence-electron chi connectivity index (χ3n) is 2.69. The minimum Gasteiger partial charge on any atom is -0.384 e. The molecular formula is C14H24OS. The van der Waals surface area contributed by atoms with Crippen LogP contribution >= 0.6 is 11.3 Å². The Morgan fingerprint density at radius 2 is 1.62 bits per heavy atom. The highest BCUT2D eigenvalue weighted by molar-refractivity contribution is 7.12. The van der Waals surface area contributed by atoms with Crippen LogP contribution in [0.3, 0.4) is 0 Å². The van der Waals surface area contributed by atoms with Gasteiger partial charge >= 0.3 is 0 Å². The number of aryl methyl sites for hydroxylation is 1. The van der Waals surface area contributed by atoms with E-state index < -0.39 is 5.60 Å². The van der Waals surface area contributed by atoms with Gasteiger partial charge in [-0.1, -0.05) is 27.7 Å². The maximum Gasteiger partial charge on any atom is 0.0992 e. The van der Waals surface area contributed by atoms with Gasteiger partial charge in [0.25, 0.3) is 0 Å². The summed E-state index contributed by atoms with van der Waals surface area (Å²) in [5, 5.41) is 10.8. The Labute approximate surface area is 104 Å². The van der Waals surface area contributed by atoms with Gasteiger partial charge in [-0.05, 0) is 43.7 Å². The predicted octanol–water partition coefficient (Wildman–Crippen LogP) is 4.34. The first-order valence-corrected chi connectivity index (χ1v) is 6.94. The summed E-state index contributed by atoms with van der Waals surface area (Å²) in [4.78, 5) is 2.41. The van der Waals surface area contributed by atoms with Gasteiger partial charge in [-0.2, -0.15) is 0 Å². The van der Waals surface area contributed by atoms with Gasteiger partial charge < -0.3 is 5.11 Å². The molecule has 0 amide bonds. The highest BCUT2D eigenvalue weighted by Crippen LogP contribution is 2.38. The molecule has 0 aliphatic carbocycles. The smallest absolute Gasteiger partial charge is 0.0992 e. The molecule has 1 N–H and O–H groups in total. The van der Waals surface area contributed by atoms with E-state index in [4.69, 9.17) is 0 Å². The molecule has 2 heteroatoms. The summed E-state index contributed by atoms with van der Waals surface area (Å²) in [5.74, 6) is 1.04. The van der Waals surface area contributed by atoms with E-state index in [1.807, 2.05) is 0 Å². The summed E-state index contributed by atoms with van der Waals surface area (Å²) in [7, 11) is 0. The Bertz CT molecular complexity index is 315. The molecule has 0 atom stereocenters. The zero-order valence-corrected chi connectivity index (χ0v) is 11.9. The van der Waals surface area contributed by atoms with Crippen LogP contribution in [0.15, 0.2) is 12.1 Å². The lowest BCUT2D eigenvalue weighted by Crippen LogP contribution is -2.28. The summed E-state index contributed by atoms with van der Waals surface area (Å²) < 4.78 is 0. The zero-order chi connectivity index (χ0) is 12.3. The first-order valence-electron chi connectivity index (χ1n) is 6.13. The molecule has 0 aliphatic heterocycles. The van der Waals surface area contributed by atoms with E-state index in [-0.39, 0.29) is 0 Å². The van der Waals surface area contributed by atoms with Gasteiger partial charge in [-0.25, -0.2) is 0 Å². The second-order valence-corrected chi connectivity index (χ2v) is 6.93. The topological polar surface area (TPSA) is 20.2 Å². The predicted molar refractivity (Wildman–Crippen MR) is 71.9 cm³/mol. The molecule has 0 fully saturated rings. The number of hydrogen-bond donors (Lipinski definition) is 1. The molecule has 0 unspecified atom stereocenters. The van der Waals surface area contributed by atoms with Crippen LogP contribution in [0.1, 0.15) is 50.3 Å². The maximum atomic E-state index is 10.8. The fourth-order valence-corrected chi connectivity index (χ4v) is 3.30. The number of rotatable bonds is 5. The second kappa shape index (κ2) is 5.33. The molecule has 1 aromatic heterocycles. The van der Waals surface area contributed by atoms with Crippen molar-refractivity contribution in [2.45, 2.75) is 53.1 Å². The maximum absolute atomic E-state index is 10.8. The van der Waals surface area contributed by atoms with Crippen LogP contribution < -0.4 is 0 Å². The molecule has 1 rings (SSSR count). The lowest BCUT2D eigenvalue weighted by atomic mass is 9.84. The first kappa shape index (κ1) is 13.7. The molecule has 0 aliphatic rings. The van der Waals surface area contributed by atoms with Gasteiger partial charge in [0.15, 0.2) is 0 Å². The molecule has 0 aromatic carbocycles. The molecule has 0 saturated carbocycles. The van der Waals surface area contributed by atoms with Crippen LogP contribution in [-0.2, 0) is 5.60 Å². The zero-order valence-electron chi connectivity index (χ0n) is 11.1. The molecular weight excluding hydrogens is 216 g/mol. The van der Waals surface area contributed by atoms with Crippen LogP contribution in [0.5, 0.6) is 0 Å². The van der Waals surface area contributed by atoms with E-state index in [0.29, 0.717) is 11.8 Å². The second-order valence-electron chi connectivity index (χ2n) is 5.64. The lowest BCUT2D eigenvalue weighted by Gasteiger charge is -2.30. The van der Waals surface area contributed by atoms with Crippen LogP contribution in [0.2, 0.25) is 0 Å². The van der Waals surface area contributed by atoms with E-state index in [2.05, 4.69) is 46.8 Å². The van der Waals surface area contributed by atoms with Crippen molar-refractivity contribution in [3.63, 3.8) is 0 Å². The third-order valence-corrected chi connectivity index (χ3v) is 3.88. The molecule has 0 saturated heterocycles. The van der Waals surface area contributed by atoms with Gasteiger partial charge in [0.1, 0.15) is 0 Å². The van der Waals surface area contributed by atoms with Crippen LogP contribution in [0.25, 0.3) is 0 Å². The summed E-state index contributed by atoms with van der Waals surface area (Å²) in [6.45, 7) is 10.8. The van der Waals surface area contributed by atoms with Crippen LogP contribution in [0, 0.1) is 18.8 Å². The van der Waals surface area contributed by atoms with Crippen molar-refractivity contribution in [3.05, 3.63) is 21.9 Å². The molecule has 0 radical (unpaired) electrons. The summed E-state index contributed by atoms with van der Waals surface area (Å²) >= 11 is 1.73. The Hall–Kier alpha value is -0.340. The van der Waals surface area contributed by atoms with Crippen molar-refractivity contribution in [2.75, 3.05) is 0 Å². The minimum atomic E-state index is -0.624. The van der Waals surface area contributed by atoms with Gasteiger partial charge in [0.05, 0.1) is 5.60 Å². The van der Waals surface area contributed by atoms with Crippen molar-refractivity contribution < 1.29 is 5.11 Å². The first-order chi connectivity index (χ1) is 7.33. The van der Waals surface area contributed by atoms with Crippen LogP contribution in [0.4, 0.5) is 0 Å².